The van der Waals surface area contributed by atoms with E-state index >= 15 is 0 Å². The third kappa shape index (κ3) is 3.40. The molecule has 1 fully saturated rings. The van der Waals surface area contributed by atoms with Crippen molar-refractivity contribution < 1.29 is 4.74 Å². The summed E-state index contributed by atoms with van der Waals surface area (Å²) >= 11 is 1.64. The molecule has 1 aliphatic rings. The van der Waals surface area contributed by atoms with Gasteiger partial charge >= 0.3 is 0 Å². The molecule has 1 aromatic carbocycles. The van der Waals surface area contributed by atoms with Crippen LogP contribution < -0.4 is 5.32 Å². The molecule has 0 spiro atoms. The zero-order chi connectivity index (χ0) is 16.2. The molecular formula is C18H20N4OS. The van der Waals surface area contributed by atoms with Crippen molar-refractivity contribution in [3.63, 3.8) is 0 Å². The van der Waals surface area contributed by atoms with E-state index in [0.717, 1.165) is 48.9 Å². The molecule has 0 bridgehead atoms. The van der Waals surface area contributed by atoms with E-state index in [-0.39, 0.29) is 6.04 Å². The predicted molar refractivity (Wildman–Crippen MR) is 97.5 cm³/mol. The van der Waals surface area contributed by atoms with Crippen LogP contribution in [-0.4, -0.2) is 47.7 Å². The van der Waals surface area contributed by atoms with Crippen LogP contribution in [0.15, 0.2) is 48.1 Å². The molecule has 1 aliphatic heterocycles. The van der Waals surface area contributed by atoms with E-state index in [1.54, 1.807) is 17.7 Å². The predicted octanol–water partition coefficient (Wildman–Crippen LogP) is 3.18. The maximum absolute atomic E-state index is 5.47. The third-order valence-corrected chi connectivity index (χ3v) is 5.14. The van der Waals surface area contributed by atoms with E-state index in [9.17, 15) is 0 Å². The summed E-state index contributed by atoms with van der Waals surface area (Å²) in [5.74, 6) is 0.906. The first-order chi connectivity index (χ1) is 11.9. The van der Waals surface area contributed by atoms with Crippen molar-refractivity contribution in [2.75, 3.05) is 38.2 Å². The van der Waals surface area contributed by atoms with Crippen LogP contribution in [-0.2, 0) is 4.74 Å². The quantitative estimate of drug-likeness (QED) is 0.773. The Morgan fingerprint density at radius 2 is 1.96 bits per heavy atom. The number of morpholine rings is 1. The fourth-order valence-electron chi connectivity index (χ4n) is 3.03. The number of thiophene rings is 1. The highest BCUT2D eigenvalue weighted by atomic mass is 32.1. The van der Waals surface area contributed by atoms with Crippen molar-refractivity contribution in [3.05, 3.63) is 53.7 Å². The number of aromatic nitrogens is 2. The zero-order valence-corrected chi connectivity index (χ0v) is 14.2. The molecule has 0 aliphatic carbocycles. The number of fused-ring (bicyclic) bond motifs is 1. The van der Waals surface area contributed by atoms with Gasteiger partial charge in [0.1, 0.15) is 17.0 Å². The van der Waals surface area contributed by atoms with Crippen molar-refractivity contribution in [2.45, 2.75) is 6.04 Å². The maximum atomic E-state index is 5.47. The lowest BCUT2D eigenvalue weighted by molar-refractivity contribution is 0.0361. The molecule has 0 saturated carbocycles. The first-order valence-electron chi connectivity index (χ1n) is 8.20. The minimum Gasteiger partial charge on any atom is -0.379 e. The van der Waals surface area contributed by atoms with Gasteiger partial charge in [-0.15, -0.1) is 11.3 Å². The van der Waals surface area contributed by atoms with Gasteiger partial charge in [-0.25, -0.2) is 9.97 Å². The van der Waals surface area contributed by atoms with Crippen molar-refractivity contribution in [1.82, 2.24) is 14.9 Å². The number of hydrogen-bond donors (Lipinski definition) is 1. The lowest BCUT2D eigenvalue weighted by Gasteiger charge is -2.31. The maximum Gasteiger partial charge on any atom is 0.138 e. The van der Waals surface area contributed by atoms with Crippen LogP contribution in [0.1, 0.15) is 11.6 Å². The molecular weight excluding hydrogens is 320 g/mol. The molecule has 3 aromatic rings. The lowest BCUT2D eigenvalue weighted by atomic mass is 10.1. The summed E-state index contributed by atoms with van der Waals surface area (Å²) in [6, 6.07) is 12.8. The van der Waals surface area contributed by atoms with Gasteiger partial charge in [-0.1, -0.05) is 30.3 Å². The number of ether oxygens (including phenoxy) is 1. The largest absolute Gasteiger partial charge is 0.379 e. The molecule has 1 atom stereocenters. The smallest absolute Gasteiger partial charge is 0.138 e. The highest BCUT2D eigenvalue weighted by molar-refractivity contribution is 7.16. The van der Waals surface area contributed by atoms with E-state index in [1.165, 1.54) is 5.56 Å². The van der Waals surface area contributed by atoms with Crippen LogP contribution in [0, 0.1) is 0 Å². The van der Waals surface area contributed by atoms with Gasteiger partial charge in [0.25, 0.3) is 0 Å². The summed E-state index contributed by atoms with van der Waals surface area (Å²) in [6.45, 7) is 4.50. The molecule has 124 valence electrons. The lowest BCUT2D eigenvalue weighted by Crippen LogP contribution is -2.40. The van der Waals surface area contributed by atoms with Crippen LogP contribution in [0.4, 0.5) is 5.82 Å². The number of rotatable bonds is 5. The molecule has 3 heterocycles. The Morgan fingerprint density at radius 3 is 2.79 bits per heavy atom. The average molecular weight is 340 g/mol. The van der Waals surface area contributed by atoms with E-state index in [2.05, 4.69) is 62.0 Å². The monoisotopic (exact) mass is 340 g/mol. The summed E-state index contributed by atoms with van der Waals surface area (Å²) in [4.78, 5) is 12.3. The summed E-state index contributed by atoms with van der Waals surface area (Å²) in [5, 5.41) is 6.79. The van der Waals surface area contributed by atoms with E-state index < -0.39 is 0 Å². The topological polar surface area (TPSA) is 50.3 Å². The molecule has 2 aromatic heterocycles. The molecule has 1 saturated heterocycles. The number of nitrogens with zero attached hydrogens (tertiary/aromatic N) is 3. The van der Waals surface area contributed by atoms with E-state index in [0.29, 0.717) is 0 Å². The summed E-state index contributed by atoms with van der Waals surface area (Å²) in [5.41, 5.74) is 1.27. The van der Waals surface area contributed by atoms with Crippen LogP contribution in [0.25, 0.3) is 10.2 Å². The Kier molecular flexibility index (Phi) is 4.69. The number of benzene rings is 1. The van der Waals surface area contributed by atoms with Crippen molar-refractivity contribution >= 4 is 27.4 Å². The molecule has 1 unspecified atom stereocenters. The van der Waals surface area contributed by atoms with Gasteiger partial charge in [0.2, 0.25) is 0 Å². The molecule has 1 N–H and O–H groups in total. The summed E-state index contributed by atoms with van der Waals surface area (Å²) in [7, 11) is 0. The zero-order valence-electron chi connectivity index (χ0n) is 13.4. The van der Waals surface area contributed by atoms with E-state index in [1.807, 2.05) is 0 Å². The first-order valence-corrected chi connectivity index (χ1v) is 9.08. The summed E-state index contributed by atoms with van der Waals surface area (Å²) in [6.07, 6.45) is 1.64. The van der Waals surface area contributed by atoms with Crippen molar-refractivity contribution in [3.8, 4) is 0 Å². The molecule has 5 nitrogen and oxygen atoms in total. The molecule has 4 rings (SSSR count). The average Bonchev–Trinajstić information content (AvgIpc) is 3.13. The highest BCUT2D eigenvalue weighted by Gasteiger charge is 2.19. The van der Waals surface area contributed by atoms with Crippen LogP contribution in [0.2, 0.25) is 0 Å². The molecule has 6 heteroatoms. The van der Waals surface area contributed by atoms with Gasteiger partial charge in [0, 0.05) is 19.6 Å². The first kappa shape index (κ1) is 15.5. The number of nitrogens with one attached hydrogen (secondary N) is 1. The van der Waals surface area contributed by atoms with Gasteiger partial charge in [-0.05, 0) is 17.0 Å². The van der Waals surface area contributed by atoms with Crippen molar-refractivity contribution in [1.29, 1.82) is 0 Å². The normalized spacial score (nSPS) is 17.0. The number of anilines is 1. The van der Waals surface area contributed by atoms with Crippen LogP contribution in [0.5, 0.6) is 0 Å². The summed E-state index contributed by atoms with van der Waals surface area (Å²) < 4.78 is 5.47. The fourth-order valence-corrected chi connectivity index (χ4v) is 3.76. The number of hydrogen-bond acceptors (Lipinski definition) is 6. The fraction of sp³-hybridized carbons (Fsp3) is 0.333. The SMILES string of the molecule is c1ccc(C(CN2CCOCC2)Nc2ncnc3sccc23)cc1. The Morgan fingerprint density at radius 1 is 1.12 bits per heavy atom. The Hall–Kier alpha value is -2.02. The van der Waals surface area contributed by atoms with Gasteiger partial charge in [-0.3, -0.25) is 4.90 Å². The van der Waals surface area contributed by atoms with Crippen molar-refractivity contribution in [2.24, 2.45) is 0 Å². The highest BCUT2D eigenvalue weighted by Crippen LogP contribution is 2.27. The molecule has 0 amide bonds. The third-order valence-electron chi connectivity index (χ3n) is 4.32. The van der Waals surface area contributed by atoms with Gasteiger partial charge < -0.3 is 10.1 Å². The molecule has 24 heavy (non-hydrogen) atoms. The Balaban J connectivity index is 1.61. The van der Waals surface area contributed by atoms with Gasteiger partial charge in [-0.2, -0.15) is 0 Å². The molecule has 0 radical (unpaired) electrons. The minimum atomic E-state index is 0.183. The minimum absolute atomic E-state index is 0.183. The second-order valence-electron chi connectivity index (χ2n) is 5.88. The Labute approximate surface area is 145 Å². The second-order valence-corrected chi connectivity index (χ2v) is 6.78. The van der Waals surface area contributed by atoms with Gasteiger partial charge in [0.15, 0.2) is 0 Å². The van der Waals surface area contributed by atoms with Gasteiger partial charge in [0.05, 0.1) is 24.6 Å². The van der Waals surface area contributed by atoms with E-state index in [4.69, 9.17) is 4.74 Å². The standard InChI is InChI=1S/C18H20N4OS/c1-2-4-14(5-3-1)16(12-22-7-9-23-10-8-22)21-17-15-6-11-24-18(15)20-13-19-17/h1-6,11,13,16H,7-10,12H2,(H,19,20,21). The Bertz CT molecular complexity index is 786. The second kappa shape index (κ2) is 7.25. The van der Waals surface area contributed by atoms with Crippen LogP contribution >= 0.6 is 11.3 Å². The van der Waals surface area contributed by atoms with Crippen LogP contribution in [0.3, 0.4) is 0 Å².